The minimum absolute atomic E-state index is 0.192. The van der Waals surface area contributed by atoms with E-state index < -0.39 is 11.1 Å². The van der Waals surface area contributed by atoms with Gasteiger partial charge in [0.15, 0.2) is 0 Å². The molecular weight excluding hydrogens is 176 g/mol. The van der Waals surface area contributed by atoms with Gasteiger partial charge < -0.3 is 9.45 Å². The molecule has 0 saturated carbocycles. The summed E-state index contributed by atoms with van der Waals surface area (Å²) >= 11 is -1.92. The molecule has 1 heterocycles. The average molecular weight is 191 g/mol. The Bertz CT molecular complexity index is 157. The number of hydrogen-bond donors (Lipinski definition) is 0. The summed E-state index contributed by atoms with van der Waals surface area (Å²) in [5.74, 6) is 0.192. The first-order valence-corrected chi connectivity index (χ1v) is 5.47. The molecule has 1 saturated heterocycles. The van der Waals surface area contributed by atoms with E-state index in [1.807, 2.05) is 4.90 Å². The molecular formula is C7H15N2O2S-. The summed E-state index contributed by atoms with van der Waals surface area (Å²) < 4.78 is 20.7. The van der Waals surface area contributed by atoms with Gasteiger partial charge in [0.2, 0.25) is 0 Å². The van der Waals surface area contributed by atoms with E-state index in [1.165, 1.54) is 0 Å². The minimum Gasteiger partial charge on any atom is -0.771 e. The Morgan fingerprint density at radius 3 is 2.17 bits per heavy atom. The van der Waals surface area contributed by atoms with E-state index in [-0.39, 0.29) is 5.88 Å². The monoisotopic (exact) mass is 191 g/mol. The first-order valence-electron chi connectivity index (χ1n) is 4.23. The molecule has 0 aromatic carbocycles. The zero-order valence-electron chi connectivity index (χ0n) is 7.36. The van der Waals surface area contributed by atoms with Gasteiger partial charge in [0, 0.05) is 26.2 Å². The van der Waals surface area contributed by atoms with E-state index in [0.29, 0.717) is 0 Å². The highest BCUT2D eigenvalue weighted by Gasteiger charge is 2.14. The van der Waals surface area contributed by atoms with Gasteiger partial charge in [0.25, 0.3) is 0 Å². The van der Waals surface area contributed by atoms with Crippen molar-refractivity contribution in [3.8, 4) is 0 Å². The van der Waals surface area contributed by atoms with Crippen LogP contribution < -0.4 is 0 Å². The Morgan fingerprint density at radius 2 is 1.75 bits per heavy atom. The highest BCUT2D eigenvalue weighted by atomic mass is 32.2. The highest BCUT2D eigenvalue weighted by Crippen LogP contribution is 2.00. The van der Waals surface area contributed by atoms with Crippen LogP contribution in [-0.2, 0) is 11.1 Å². The van der Waals surface area contributed by atoms with Crippen molar-refractivity contribution < 1.29 is 8.76 Å². The van der Waals surface area contributed by atoms with Crippen molar-refractivity contribution in [2.75, 3.05) is 38.6 Å². The zero-order valence-corrected chi connectivity index (χ0v) is 8.18. The van der Waals surface area contributed by atoms with E-state index >= 15 is 0 Å². The zero-order chi connectivity index (χ0) is 8.97. The Hall–Kier alpha value is 0.0300. The van der Waals surface area contributed by atoms with Gasteiger partial charge in [-0.05, 0) is 17.6 Å². The second kappa shape index (κ2) is 4.91. The van der Waals surface area contributed by atoms with E-state index in [2.05, 4.69) is 11.8 Å². The van der Waals surface area contributed by atoms with Gasteiger partial charge in [0.1, 0.15) is 0 Å². The molecule has 12 heavy (non-hydrogen) atoms. The fourth-order valence-electron chi connectivity index (χ4n) is 1.38. The Balaban J connectivity index is 2.21. The molecule has 1 fully saturated rings. The van der Waals surface area contributed by atoms with Gasteiger partial charge in [-0.1, -0.05) is 6.92 Å². The molecule has 4 nitrogen and oxygen atoms in total. The van der Waals surface area contributed by atoms with Crippen LogP contribution in [0.5, 0.6) is 0 Å². The van der Waals surface area contributed by atoms with Crippen LogP contribution in [0.4, 0.5) is 0 Å². The fourth-order valence-corrected chi connectivity index (χ4v) is 1.94. The second-order valence-corrected chi connectivity index (χ2v) is 3.85. The third kappa shape index (κ3) is 3.18. The minimum atomic E-state index is -1.92. The molecule has 0 spiro atoms. The summed E-state index contributed by atoms with van der Waals surface area (Å²) in [5.41, 5.74) is 0. The Morgan fingerprint density at radius 1 is 1.25 bits per heavy atom. The number of piperazine rings is 1. The molecule has 1 atom stereocenters. The highest BCUT2D eigenvalue weighted by molar-refractivity contribution is 7.79. The Kier molecular flexibility index (Phi) is 4.14. The second-order valence-electron chi connectivity index (χ2n) is 2.99. The number of hydrogen-bond acceptors (Lipinski definition) is 4. The largest absolute Gasteiger partial charge is 0.771 e. The van der Waals surface area contributed by atoms with E-state index in [9.17, 15) is 8.76 Å². The quantitative estimate of drug-likeness (QED) is 0.562. The first-order chi connectivity index (χ1) is 5.72. The molecule has 0 aromatic rings. The lowest BCUT2D eigenvalue weighted by atomic mass is 10.3. The van der Waals surface area contributed by atoms with Crippen molar-refractivity contribution in [3.05, 3.63) is 0 Å². The number of likely N-dealkylation sites (N-methyl/N-ethyl adjacent to an activating group) is 1. The van der Waals surface area contributed by atoms with Gasteiger partial charge in [-0.3, -0.25) is 9.11 Å². The lowest BCUT2D eigenvalue weighted by molar-refractivity contribution is 0.152. The van der Waals surface area contributed by atoms with Crippen LogP contribution in [0.15, 0.2) is 0 Å². The maximum Gasteiger partial charge on any atom is 0.0614 e. The summed E-state index contributed by atoms with van der Waals surface area (Å²) in [7, 11) is 0. The van der Waals surface area contributed by atoms with Crippen molar-refractivity contribution in [1.29, 1.82) is 0 Å². The first kappa shape index (κ1) is 10.1. The molecule has 0 aromatic heterocycles. The molecule has 5 heteroatoms. The number of rotatable bonds is 3. The molecule has 0 bridgehead atoms. The van der Waals surface area contributed by atoms with Crippen LogP contribution in [0.1, 0.15) is 6.92 Å². The predicted molar refractivity (Wildman–Crippen MR) is 47.5 cm³/mol. The third-order valence-corrected chi connectivity index (χ3v) is 2.78. The normalized spacial score (nSPS) is 24.2. The van der Waals surface area contributed by atoms with Crippen molar-refractivity contribution >= 4 is 11.1 Å². The van der Waals surface area contributed by atoms with Crippen LogP contribution in [0, 0.1) is 0 Å². The SMILES string of the molecule is CCN1CCN(CS(=O)[O-])CC1. The van der Waals surface area contributed by atoms with Crippen LogP contribution >= 0.6 is 0 Å². The van der Waals surface area contributed by atoms with E-state index in [4.69, 9.17) is 0 Å². The molecule has 1 rings (SSSR count). The average Bonchev–Trinajstić information content (AvgIpc) is 2.05. The molecule has 0 radical (unpaired) electrons. The summed E-state index contributed by atoms with van der Waals surface area (Å²) in [6, 6.07) is 0. The van der Waals surface area contributed by atoms with Gasteiger partial charge in [-0.25, -0.2) is 0 Å². The predicted octanol–water partition coefficient (Wildman–Crippen LogP) is -0.539. The molecule has 1 unspecified atom stereocenters. The molecule has 0 aliphatic carbocycles. The summed E-state index contributed by atoms with van der Waals surface area (Å²) in [4.78, 5) is 4.29. The van der Waals surface area contributed by atoms with E-state index in [1.54, 1.807) is 0 Å². The van der Waals surface area contributed by atoms with Gasteiger partial charge >= 0.3 is 0 Å². The van der Waals surface area contributed by atoms with Gasteiger partial charge in [0.05, 0.1) is 5.88 Å². The van der Waals surface area contributed by atoms with Crippen molar-refractivity contribution in [3.63, 3.8) is 0 Å². The smallest absolute Gasteiger partial charge is 0.0614 e. The van der Waals surface area contributed by atoms with Gasteiger partial charge in [-0.2, -0.15) is 0 Å². The molecule has 0 N–H and O–H groups in total. The van der Waals surface area contributed by atoms with E-state index in [0.717, 1.165) is 32.7 Å². The maximum absolute atomic E-state index is 10.4. The lowest BCUT2D eigenvalue weighted by Crippen LogP contribution is -2.46. The summed E-state index contributed by atoms with van der Waals surface area (Å²) in [5, 5.41) is 0. The van der Waals surface area contributed by atoms with Crippen molar-refractivity contribution in [2.24, 2.45) is 0 Å². The van der Waals surface area contributed by atoms with Crippen LogP contribution in [0.3, 0.4) is 0 Å². The summed E-state index contributed by atoms with van der Waals surface area (Å²) in [6.07, 6.45) is 0. The summed E-state index contributed by atoms with van der Waals surface area (Å²) in [6.45, 7) is 6.93. The third-order valence-electron chi connectivity index (χ3n) is 2.20. The molecule has 0 amide bonds. The van der Waals surface area contributed by atoms with Crippen LogP contribution in [0.2, 0.25) is 0 Å². The number of nitrogens with zero attached hydrogens (tertiary/aromatic N) is 2. The van der Waals surface area contributed by atoms with Crippen LogP contribution in [0.25, 0.3) is 0 Å². The molecule has 1 aliphatic rings. The van der Waals surface area contributed by atoms with Crippen LogP contribution in [-0.4, -0.2) is 57.2 Å². The molecule has 1 aliphatic heterocycles. The molecule has 72 valence electrons. The fraction of sp³-hybridized carbons (Fsp3) is 1.00. The standard InChI is InChI=1S/C7H16N2O2S/c1-2-8-3-5-9(6-4-8)7-12(10)11/h2-7H2,1H3,(H,10,11)/p-1. The van der Waals surface area contributed by atoms with Crippen molar-refractivity contribution in [2.45, 2.75) is 6.92 Å². The topological polar surface area (TPSA) is 46.6 Å². The Labute approximate surface area is 75.8 Å². The van der Waals surface area contributed by atoms with Gasteiger partial charge in [-0.15, -0.1) is 0 Å². The maximum atomic E-state index is 10.4. The van der Waals surface area contributed by atoms with Crippen molar-refractivity contribution in [1.82, 2.24) is 9.80 Å². The lowest BCUT2D eigenvalue weighted by Gasteiger charge is -2.34.